The predicted molar refractivity (Wildman–Crippen MR) is 111 cm³/mol. The summed E-state index contributed by atoms with van der Waals surface area (Å²) in [4.78, 5) is 37.5. The van der Waals surface area contributed by atoms with Crippen molar-refractivity contribution in [3.05, 3.63) is 38.8 Å². The molecule has 0 amide bonds. The van der Waals surface area contributed by atoms with Gasteiger partial charge in [-0.05, 0) is 31.7 Å². The summed E-state index contributed by atoms with van der Waals surface area (Å²) in [5, 5.41) is 14.1. The Labute approximate surface area is 176 Å². The van der Waals surface area contributed by atoms with E-state index in [1.165, 1.54) is 19.4 Å². The van der Waals surface area contributed by atoms with Crippen LogP contribution in [0.15, 0.2) is 22.3 Å². The molecule has 2 aromatic rings. The van der Waals surface area contributed by atoms with Crippen molar-refractivity contribution in [2.75, 3.05) is 31.6 Å². The summed E-state index contributed by atoms with van der Waals surface area (Å²) in [6.07, 6.45) is 4.64. The van der Waals surface area contributed by atoms with E-state index in [4.69, 9.17) is 4.74 Å². The summed E-state index contributed by atoms with van der Waals surface area (Å²) in [5.41, 5.74) is -0.760. The molecular formula is C21H23FN4O5. The Kier molecular flexibility index (Phi) is 4.60. The van der Waals surface area contributed by atoms with E-state index < -0.39 is 17.2 Å². The maximum absolute atomic E-state index is 16.1. The highest BCUT2D eigenvalue weighted by atomic mass is 19.1. The number of aromatic nitrogens is 1. The smallest absolute Gasteiger partial charge is 0.341 e. The number of nitrogens with zero attached hydrogens (tertiary/aromatic N) is 4. The molecule has 1 saturated carbocycles. The molecule has 0 unspecified atom stereocenters. The zero-order valence-corrected chi connectivity index (χ0v) is 17.1. The Morgan fingerprint density at radius 1 is 1.29 bits per heavy atom. The van der Waals surface area contributed by atoms with E-state index in [0.717, 1.165) is 25.7 Å². The number of nitroso groups, excluding NO2 is 1. The Hall–Kier alpha value is -3.17. The molecule has 31 heavy (non-hydrogen) atoms. The minimum Gasteiger partial charge on any atom is -0.494 e. The maximum atomic E-state index is 16.1. The first kappa shape index (κ1) is 19.8. The molecule has 0 bridgehead atoms. The van der Waals surface area contributed by atoms with Gasteiger partial charge in [-0.15, -0.1) is 4.91 Å². The first-order valence-electron chi connectivity index (χ1n) is 10.5. The average Bonchev–Trinajstić information content (AvgIpc) is 3.51. The van der Waals surface area contributed by atoms with E-state index in [1.807, 2.05) is 4.90 Å². The van der Waals surface area contributed by atoms with E-state index in [0.29, 0.717) is 19.6 Å². The number of aromatic carboxylic acids is 1. The third-order valence-electron chi connectivity index (χ3n) is 6.76. The fourth-order valence-electron chi connectivity index (χ4n) is 5.12. The van der Waals surface area contributed by atoms with E-state index in [-0.39, 0.29) is 45.9 Å². The van der Waals surface area contributed by atoms with Gasteiger partial charge in [0.1, 0.15) is 17.0 Å². The largest absolute Gasteiger partial charge is 0.494 e. The van der Waals surface area contributed by atoms with E-state index >= 15 is 4.39 Å². The summed E-state index contributed by atoms with van der Waals surface area (Å²) < 4.78 is 23.1. The van der Waals surface area contributed by atoms with E-state index in [1.54, 1.807) is 9.58 Å². The summed E-state index contributed by atoms with van der Waals surface area (Å²) in [5.74, 6) is -1.57. The van der Waals surface area contributed by atoms with Crippen molar-refractivity contribution in [3.8, 4) is 5.75 Å². The number of rotatable bonds is 5. The van der Waals surface area contributed by atoms with Crippen molar-refractivity contribution in [1.29, 1.82) is 0 Å². The molecule has 164 valence electrons. The maximum Gasteiger partial charge on any atom is 0.341 e. The van der Waals surface area contributed by atoms with Gasteiger partial charge in [0.2, 0.25) is 5.43 Å². The van der Waals surface area contributed by atoms with Crippen molar-refractivity contribution in [2.24, 2.45) is 11.2 Å². The molecule has 0 radical (unpaired) electrons. The van der Waals surface area contributed by atoms with Crippen LogP contribution in [0.5, 0.6) is 5.75 Å². The van der Waals surface area contributed by atoms with Crippen LogP contribution in [0.25, 0.3) is 10.9 Å². The van der Waals surface area contributed by atoms with Gasteiger partial charge < -0.3 is 19.3 Å². The number of benzene rings is 1. The number of carbonyl (C=O) groups is 1. The molecule has 1 aromatic carbocycles. The van der Waals surface area contributed by atoms with Gasteiger partial charge in [-0.2, -0.15) is 0 Å². The molecule has 1 N–H and O–H groups in total. The summed E-state index contributed by atoms with van der Waals surface area (Å²) in [7, 11) is 1.40. The number of hydrogen-bond acceptors (Lipinski definition) is 6. The molecule has 2 aliphatic heterocycles. The van der Waals surface area contributed by atoms with Crippen LogP contribution in [-0.2, 0) is 0 Å². The molecule has 5 rings (SSSR count). The van der Waals surface area contributed by atoms with Gasteiger partial charge in [-0.1, -0.05) is 0 Å². The molecule has 3 heterocycles. The quantitative estimate of drug-likeness (QED) is 0.728. The molecule has 3 aliphatic rings. The van der Waals surface area contributed by atoms with Crippen LogP contribution in [-0.4, -0.2) is 53.4 Å². The fourth-order valence-corrected chi connectivity index (χ4v) is 5.12. The summed E-state index contributed by atoms with van der Waals surface area (Å²) in [6.45, 7) is 1.57. The average molecular weight is 430 g/mol. The number of piperidine rings is 1. The molecule has 10 heteroatoms. The first-order chi connectivity index (χ1) is 14.9. The second-order valence-corrected chi connectivity index (χ2v) is 8.57. The van der Waals surface area contributed by atoms with Crippen LogP contribution >= 0.6 is 0 Å². The zero-order valence-electron chi connectivity index (χ0n) is 17.1. The fraction of sp³-hybridized carbons (Fsp3) is 0.524. The van der Waals surface area contributed by atoms with Crippen LogP contribution in [0.3, 0.4) is 0 Å². The molecule has 1 aliphatic carbocycles. The Bertz CT molecular complexity index is 1150. The lowest BCUT2D eigenvalue weighted by molar-refractivity contribution is 0.0695. The highest BCUT2D eigenvalue weighted by molar-refractivity contribution is 5.95. The first-order valence-corrected chi connectivity index (χ1v) is 10.5. The normalized spacial score (nSPS) is 23.2. The number of methoxy groups -OCH3 is 1. The van der Waals surface area contributed by atoms with Gasteiger partial charge in [-0.25, -0.2) is 9.18 Å². The number of ether oxygens (including phenoxy) is 1. The standard InChI is InChI=1S/C21H23FN4O5/c1-31-16-7-13-18(25(12-4-5-12)9-14(20(13)27)21(28)29)17(22)19(16)24-8-11-3-2-6-26(23-30)15(11)10-24/h7,9,11-12,15H,2-6,8,10H2,1H3,(H,28,29)/t11-,15+/m0/s1. The summed E-state index contributed by atoms with van der Waals surface area (Å²) >= 11 is 0. The second-order valence-electron chi connectivity index (χ2n) is 8.57. The van der Waals surface area contributed by atoms with Gasteiger partial charge >= 0.3 is 5.97 Å². The minimum absolute atomic E-state index is 0.00213. The molecule has 0 spiro atoms. The number of anilines is 1. The second kappa shape index (κ2) is 7.21. The van der Waals surface area contributed by atoms with E-state index in [2.05, 4.69) is 5.29 Å². The SMILES string of the molecule is COc1cc2c(=O)c(C(=O)O)cn(C3CC3)c2c(F)c1N1C[C@@H]2CCCN(N=O)[C@@H]2C1. The molecule has 3 fully saturated rings. The van der Waals surface area contributed by atoms with Crippen molar-refractivity contribution in [1.82, 2.24) is 9.58 Å². The van der Waals surface area contributed by atoms with Crippen LogP contribution < -0.4 is 15.1 Å². The number of pyridine rings is 1. The van der Waals surface area contributed by atoms with Crippen LogP contribution in [0.1, 0.15) is 42.1 Å². The third-order valence-corrected chi connectivity index (χ3v) is 6.76. The van der Waals surface area contributed by atoms with Gasteiger partial charge in [0.25, 0.3) is 0 Å². The van der Waals surface area contributed by atoms with Crippen LogP contribution in [0, 0.1) is 16.6 Å². The number of halogens is 1. The monoisotopic (exact) mass is 430 g/mol. The van der Waals surface area contributed by atoms with Crippen molar-refractivity contribution < 1.29 is 19.0 Å². The number of hydrogen-bond donors (Lipinski definition) is 1. The lowest BCUT2D eigenvalue weighted by Crippen LogP contribution is -2.41. The molecule has 1 aromatic heterocycles. The Morgan fingerprint density at radius 2 is 2.06 bits per heavy atom. The molecule has 2 saturated heterocycles. The van der Waals surface area contributed by atoms with Crippen LogP contribution in [0.2, 0.25) is 0 Å². The number of fused-ring (bicyclic) bond motifs is 2. The third kappa shape index (κ3) is 3.03. The van der Waals surface area contributed by atoms with Gasteiger partial charge in [-0.3, -0.25) is 9.80 Å². The minimum atomic E-state index is -1.34. The lowest BCUT2D eigenvalue weighted by atomic mass is 9.93. The van der Waals surface area contributed by atoms with E-state index in [9.17, 15) is 19.6 Å². The lowest BCUT2D eigenvalue weighted by Gasteiger charge is -2.31. The topological polar surface area (TPSA) is 104 Å². The van der Waals surface area contributed by atoms with Gasteiger partial charge in [0, 0.05) is 37.8 Å². The highest BCUT2D eigenvalue weighted by Crippen LogP contribution is 2.44. The molecule has 2 atom stereocenters. The van der Waals surface area contributed by atoms with Crippen LogP contribution in [0.4, 0.5) is 10.1 Å². The Balaban J connectivity index is 1.69. The highest BCUT2D eigenvalue weighted by Gasteiger charge is 2.42. The predicted octanol–water partition coefficient (Wildman–Crippen LogP) is 2.76. The van der Waals surface area contributed by atoms with Gasteiger partial charge in [0.15, 0.2) is 5.82 Å². The van der Waals surface area contributed by atoms with Gasteiger partial charge in [0.05, 0.1) is 29.3 Å². The van der Waals surface area contributed by atoms with Crippen molar-refractivity contribution in [2.45, 2.75) is 37.8 Å². The zero-order chi connectivity index (χ0) is 21.9. The molecular weight excluding hydrogens is 407 g/mol. The van der Waals surface area contributed by atoms with Crippen molar-refractivity contribution in [3.63, 3.8) is 0 Å². The molecule has 9 nitrogen and oxygen atoms in total. The Morgan fingerprint density at radius 3 is 2.71 bits per heavy atom. The number of carboxylic acids is 1. The number of carboxylic acid groups (broad SMARTS) is 1. The summed E-state index contributed by atoms with van der Waals surface area (Å²) in [6, 6.07) is 1.32. The van der Waals surface area contributed by atoms with Crippen molar-refractivity contribution >= 4 is 22.6 Å².